The number of aliphatic imine (C=N–C) groups is 1. The number of rotatable bonds is 10. The van der Waals surface area contributed by atoms with Gasteiger partial charge in [-0.3, -0.25) is 14.7 Å². The minimum atomic E-state index is 0. The summed E-state index contributed by atoms with van der Waals surface area (Å²) in [6.45, 7) is 6.64. The molecule has 174 valence electrons. The molecule has 0 bridgehead atoms. The Morgan fingerprint density at radius 3 is 2.65 bits per heavy atom. The molecule has 1 aliphatic heterocycles. The minimum Gasteiger partial charge on any atom is -0.357 e. The van der Waals surface area contributed by atoms with Gasteiger partial charge in [0.15, 0.2) is 5.96 Å². The summed E-state index contributed by atoms with van der Waals surface area (Å²) in [6, 6.07) is 10.7. The molecule has 2 aliphatic rings. The number of nitrogens with zero attached hydrogens (tertiary/aromatic N) is 3. The number of hydrogen-bond acceptors (Lipinski definition) is 4. The maximum absolute atomic E-state index is 12.3. The van der Waals surface area contributed by atoms with Crippen molar-refractivity contribution >= 4 is 47.6 Å². The van der Waals surface area contributed by atoms with Gasteiger partial charge in [0.25, 0.3) is 0 Å². The van der Waals surface area contributed by atoms with Crippen molar-refractivity contribution in [2.75, 3.05) is 46.8 Å². The van der Waals surface area contributed by atoms with E-state index < -0.39 is 0 Å². The van der Waals surface area contributed by atoms with Gasteiger partial charge in [0.2, 0.25) is 5.91 Å². The van der Waals surface area contributed by atoms with Gasteiger partial charge in [-0.1, -0.05) is 18.2 Å². The number of benzene rings is 1. The Bertz CT molecular complexity index is 711. The van der Waals surface area contributed by atoms with Gasteiger partial charge in [-0.25, -0.2) is 0 Å². The normalized spacial score (nSPS) is 20.1. The second-order valence-electron chi connectivity index (χ2n) is 8.50. The maximum Gasteiger partial charge on any atom is 0.239 e. The van der Waals surface area contributed by atoms with Crippen LogP contribution in [0.5, 0.6) is 0 Å². The van der Waals surface area contributed by atoms with Crippen LogP contribution in [0.4, 0.5) is 0 Å². The lowest BCUT2D eigenvalue weighted by molar-refractivity contribution is -0.133. The topological polar surface area (TPSA) is 60.0 Å². The number of likely N-dealkylation sites (tertiary alicyclic amines) is 1. The van der Waals surface area contributed by atoms with Crippen molar-refractivity contribution in [3.05, 3.63) is 30.3 Å². The summed E-state index contributed by atoms with van der Waals surface area (Å²) >= 11 is 1.96. The second kappa shape index (κ2) is 12.9. The van der Waals surface area contributed by atoms with E-state index in [2.05, 4.69) is 52.8 Å². The summed E-state index contributed by atoms with van der Waals surface area (Å²) in [5, 5.41) is 6.86. The highest BCUT2D eigenvalue weighted by atomic mass is 127. The number of carbonyl (C=O) groups is 1. The van der Waals surface area contributed by atoms with E-state index in [0.717, 1.165) is 57.9 Å². The van der Waals surface area contributed by atoms with E-state index in [9.17, 15) is 4.79 Å². The summed E-state index contributed by atoms with van der Waals surface area (Å²) in [4.78, 5) is 22.6. The Labute approximate surface area is 209 Å². The third-order valence-corrected chi connectivity index (χ3v) is 7.24. The standard InChI is InChI=1S/C23H37N5OS.HI/c1-4-24-22(26-18-23(13-14-23)30-19-10-6-5-7-11-19)25-15-9-17-28-16-8-12-20(28)21(29)27(2)3;/h5-7,10-11,20H,4,8-9,12-18H2,1-3H3,(H2,24,25,26);1H. The lowest BCUT2D eigenvalue weighted by Gasteiger charge is -2.26. The van der Waals surface area contributed by atoms with Crippen LogP contribution in [-0.2, 0) is 4.79 Å². The zero-order valence-corrected chi connectivity index (χ0v) is 22.2. The number of hydrogen-bond donors (Lipinski definition) is 2. The maximum atomic E-state index is 12.3. The molecular formula is C23H38IN5OS. The van der Waals surface area contributed by atoms with Gasteiger partial charge >= 0.3 is 0 Å². The Balaban J connectivity index is 0.00000341. The van der Waals surface area contributed by atoms with Gasteiger partial charge in [0, 0.05) is 43.4 Å². The molecule has 1 aliphatic carbocycles. The predicted molar refractivity (Wildman–Crippen MR) is 142 cm³/mol. The molecule has 2 fully saturated rings. The summed E-state index contributed by atoms with van der Waals surface area (Å²) in [5.74, 6) is 1.14. The molecule has 1 aromatic rings. The molecule has 1 aromatic carbocycles. The highest BCUT2D eigenvalue weighted by Crippen LogP contribution is 2.51. The first kappa shape index (κ1) is 26.3. The molecular weight excluding hydrogens is 521 g/mol. The van der Waals surface area contributed by atoms with Crippen LogP contribution >= 0.6 is 35.7 Å². The van der Waals surface area contributed by atoms with Crippen molar-refractivity contribution in [2.24, 2.45) is 4.99 Å². The Morgan fingerprint density at radius 2 is 2.00 bits per heavy atom. The Hall–Kier alpha value is -1.00. The average Bonchev–Trinajstić information content (AvgIpc) is 3.34. The van der Waals surface area contributed by atoms with Crippen molar-refractivity contribution in [1.29, 1.82) is 0 Å². The lowest BCUT2D eigenvalue weighted by Crippen LogP contribution is -2.44. The van der Waals surface area contributed by atoms with E-state index in [0.29, 0.717) is 0 Å². The molecule has 1 saturated carbocycles. The zero-order chi connectivity index (χ0) is 21.4. The number of nitrogens with one attached hydrogen (secondary N) is 2. The number of likely N-dealkylation sites (N-methyl/N-ethyl adjacent to an activating group) is 1. The van der Waals surface area contributed by atoms with Crippen molar-refractivity contribution in [3.63, 3.8) is 0 Å². The molecule has 3 rings (SSSR count). The van der Waals surface area contributed by atoms with E-state index in [4.69, 9.17) is 4.99 Å². The minimum absolute atomic E-state index is 0. The van der Waals surface area contributed by atoms with Crippen LogP contribution in [0.3, 0.4) is 0 Å². The van der Waals surface area contributed by atoms with Crippen LogP contribution in [0, 0.1) is 0 Å². The fraction of sp³-hybridized carbons (Fsp3) is 0.652. The highest BCUT2D eigenvalue weighted by molar-refractivity contribution is 14.0. The molecule has 1 atom stereocenters. The van der Waals surface area contributed by atoms with Crippen molar-refractivity contribution < 1.29 is 4.79 Å². The van der Waals surface area contributed by atoms with Crippen LogP contribution in [0.1, 0.15) is 39.0 Å². The van der Waals surface area contributed by atoms with Crippen LogP contribution in [-0.4, -0.2) is 79.3 Å². The SMILES string of the molecule is CCNC(=NCC1(Sc2ccccc2)CC1)NCCCN1CCCC1C(=O)N(C)C.I. The first-order chi connectivity index (χ1) is 14.5. The fourth-order valence-electron chi connectivity index (χ4n) is 3.90. The largest absolute Gasteiger partial charge is 0.357 e. The third-order valence-electron chi connectivity index (χ3n) is 5.76. The summed E-state index contributed by atoms with van der Waals surface area (Å²) < 4.78 is 0.263. The van der Waals surface area contributed by atoms with Gasteiger partial charge in [0.05, 0.1) is 12.6 Å². The molecule has 2 N–H and O–H groups in total. The summed E-state index contributed by atoms with van der Waals surface area (Å²) in [7, 11) is 3.70. The number of thioether (sulfide) groups is 1. The number of halogens is 1. The van der Waals surface area contributed by atoms with Crippen molar-refractivity contribution in [3.8, 4) is 0 Å². The zero-order valence-electron chi connectivity index (χ0n) is 19.1. The quantitative estimate of drug-likeness (QED) is 0.199. The number of guanidine groups is 1. The first-order valence-corrected chi connectivity index (χ1v) is 12.1. The molecule has 1 unspecified atom stereocenters. The summed E-state index contributed by atoms with van der Waals surface area (Å²) in [5.41, 5.74) is 0. The van der Waals surface area contributed by atoms with Crippen molar-refractivity contribution in [2.45, 2.75) is 54.7 Å². The molecule has 0 spiro atoms. The Morgan fingerprint density at radius 1 is 1.26 bits per heavy atom. The number of carbonyl (C=O) groups excluding carboxylic acids is 1. The van der Waals surface area contributed by atoms with Crippen LogP contribution in [0.25, 0.3) is 0 Å². The van der Waals surface area contributed by atoms with Gasteiger partial charge in [-0.05, 0) is 57.7 Å². The highest BCUT2D eigenvalue weighted by Gasteiger charge is 2.43. The second-order valence-corrected chi connectivity index (χ2v) is 10.0. The van der Waals surface area contributed by atoms with Crippen LogP contribution in [0.15, 0.2) is 40.2 Å². The molecule has 6 nitrogen and oxygen atoms in total. The molecule has 1 saturated heterocycles. The fourth-order valence-corrected chi connectivity index (χ4v) is 5.12. The number of amides is 1. The van der Waals surface area contributed by atoms with Crippen molar-refractivity contribution in [1.82, 2.24) is 20.4 Å². The third kappa shape index (κ3) is 8.13. The van der Waals surface area contributed by atoms with Crippen LogP contribution < -0.4 is 10.6 Å². The Kier molecular flexibility index (Phi) is 10.9. The summed E-state index contributed by atoms with van der Waals surface area (Å²) in [6.07, 6.45) is 5.56. The van der Waals surface area contributed by atoms with Gasteiger partial charge in [-0.15, -0.1) is 35.7 Å². The van der Waals surface area contributed by atoms with Gasteiger partial charge in [-0.2, -0.15) is 0 Å². The molecule has 8 heteroatoms. The predicted octanol–water partition coefficient (Wildman–Crippen LogP) is 3.43. The smallest absolute Gasteiger partial charge is 0.239 e. The molecule has 0 aromatic heterocycles. The van der Waals surface area contributed by atoms with E-state index in [-0.39, 0.29) is 40.7 Å². The van der Waals surface area contributed by atoms with Gasteiger partial charge in [0.1, 0.15) is 0 Å². The van der Waals surface area contributed by atoms with Crippen LogP contribution in [0.2, 0.25) is 0 Å². The van der Waals surface area contributed by atoms with E-state index in [1.807, 2.05) is 25.9 Å². The molecule has 31 heavy (non-hydrogen) atoms. The molecule has 1 heterocycles. The molecule has 0 radical (unpaired) electrons. The van der Waals surface area contributed by atoms with E-state index >= 15 is 0 Å². The molecule has 1 amide bonds. The average molecular weight is 560 g/mol. The van der Waals surface area contributed by atoms with E-state index in [1.165, 1.54) is 17.7 Å². The van der Waals surface area contributed by atoms with E-state index in [1.54, 1.807) is 4.90 Å². The van der Waals surface area contributed by atoms with Gasteiger partial charge < -0.3 is 15.5 Å². The lowest BCUT2D eigenvalue weighted by atomic mass is 10.2. The first-order valence-electron chi connectivity index (χ1n) is 11.2. The monoisotopic (exact) mass is 559 g/mol.